The number of aromatic nitrogens is 1. The number of rotatable bonds is 8. The number of carbonyl (C=O) groups is 2. The first-order chi connectivity index (χ1) is 19.7. The molecule has 0 spiro atoms. The molecular formula is C33H37N5O2. The lowest BCUT2D eigenvalue weighted by atomic mass is 10.2. The Morgan fingerprint density at radius 3 is 1.52 bits per heavy atom. The highest BCUT2D eigenvalue weighted by molar-refractivity contribution is 5.96. The fourth-order valence-corrected chi connectivity index (χ4v) is 5.06. The van der Waals surface area contributed by atoms with Crippen LogP contribution in [0.1, 0.15) is 32.0 Å². The molecule has 0 bridgehead atoms. The van der Waals surface area contributed by atoms with Crippen LogP contribution in [0.3, 0.4) is 0 Å². The molecule has 2 aliphatic heterocycles. The van der Waals surface area contributed by atoms with E-state index in [1.807, 2.05) is 46.2 Å². The molecule has 2 fully saturated rings. The quantitative estimate of drug-likeness (QED) is 0.436. The number of hydrogen-bond acceptors (Lipinski definition) is 5. The molecule has 3 heterocycles. The zero-order valence-corrected chi connectivity index (χ0v) is 22.9. The Kier molecular flexibility index (Phi) is 9.50. The van der Waals surface area contributed by atoms with Crippen molar-refractivity contribution in [3.05, 3.63) is 114 Å². The Morgan fingerprint density at radius 2 is 1.07 bits per heavy atom. The Bertz CT molecular complexity index is 1190. The van der Waals surface area contributed by atoms with Gasteiger partial charge in [-0.15, -0.1) is 0 Å². The van der Waals surface area contributed by atoms with E-state index in [9.17, 15) is 9.59 Å². The summed E-state index contributed by atoms with van der Waals surface area (Å²) >= 11 is 0. The molecule has 40 heavy (non-hydrogen) atoms. The Labute approximate surface area is 237 Å². The smallest absolute Gasteiger partial charge is 0.272 e. The van der Waals surface area contributed by atoms with Crippen molar-refractivity contribution < 1.29 is 9.59 Å². The lowest BCUT2D eigenvalue weighted by Crippen LogP contribution is -2.49. The average Bonchev–Trinajstić information content (AvgIpc) is 3.02. The first-order valence-electron chi connectivity index (χ1n) is 14.1. The molecule has 2 saturated heterocycles. The predicted octanol–water partition coefficient (Wildman–Crippen LogP) is 4.02. The summed E-state index contributed by atoms with van der Waals surface area (Å²) in [7, 11) is 0. The van der Waals surface area contributed by atoms with Gasteiger partial charge in [-0.1, -0.05) is 85.0 Å². The van der Waals surface area contributed by atoms with Gasteiger partial charge in [0.25, 0.3) is 11.8 Å². The van der Waals surface area contributed by atoms with E-state index in [2.05, 4.69) is 63.4 Å². The number of nitrogens with zero attached hydrogens (tertiary/aromatic N) is 5. The zero-order chi connectivity index (χ0) is 27.6. The second kappa shape index (κ2) is 13.8. The molecule has 2 aromatic carbocycles. The maximum absolute atomic E-state index is 13.0. The van der Waals surface area contributed by atoms with Crippen molar-refractivity contribution in [2.75, 3.05) is 65.4 Å². The van der Waals surface area contributed by atoms with Crippen molar-refractivity contribution in [1.82, 2.24) is 24.6 Å². The molecule has 0 aliphatic carbocycles. The number of benzene rings is 2. The van der Waals surface area contributed by atoms with Gasteiger partial charge in [0.2, 0.25) is 0 Å². The molecule has 3 aromatic rings. The van der Waals surface area contributed by atoms with Gasteiger partial charge in [-0.2, -0.15) is 0 Å². The molecule has 2 amide bonds. The molecule has 5 rings (SSSR count). The molecule has 1 aromatic heterocycles. The molecule has 7 heteroatoms. The normalized spacial score (nSPS) is 17.1. The third-order valence-corrected chi connectivity index (χ3v) is 7.50. The summed E-state index contributed by atoms with van der Waals surface area (Å²) in [6.07, 6.45) is 10.2. The summed E-state index contributed by atoms with van der Waals surface area (Å²) in [5.41, 5.74) is 3.31. The molecule has 0 atom stereocenters. The van der Waals surface area contributed by atoms with Crippen molar-refractivity contribution in [2.45, 2.75) is 0 Å². The van der Waals surface area contributed by atoms with E-state index in [-0.39, 0.29) is 11.8 Å². The minimum Gasteiger partial charge on any atom is -0.336 e. The van der Waals surface area contributed by atoms with Gasteiger partial charge in [-0.05, 0) is 23.3 Å². The first kappa shape index (κ1) is 27.5. The van der Waals surface area contributed by atoms with Gasteiger partial charge in [0.05, 0.1) is 5.56 Å². The second-order valence-corrected chi connectivity index (χ2v) is 10.2. The van der Waals surface area contributed by atoms with Gasteiger partial charge in [0.15, 0.2) is 0 Å². The fraction of sp³-hybridized carbons (Fsp3) is 0.303. The molecule has 7 nitrogen and oxygen atoms in total. The predicted molar refractivity (Wildman–Crippen MR) is 160 cm³/mol. The number of piperazine rings is 2. The zero-order valence-electron chi connectivity index (χ0n) is 22.9. The summed E-state index contributed by atoms with van der Waals surface area (Å²) in [4.78, 5) is 38.9. The first-order valence-corrected chi connectivity index (χ1v) is 14.1. The van der Waals surface area contributed by atoms with Crippen LogP contribution < -0.4 is 0 Å². The van der Waals surface area contributed by atoms with Crippen LogP contribution in [0.15, 0.2) is 91.1 Å². The fourth-order valence-electron chi connectivity index (χ4n) is 5.06. The maximum Gasteiger partial charge on any atom is 0.272 e. The average molecular weight is 536 g/mol. The Morgan fingerprint density at radius 1 is 0.600 bits per heavy atom. The lowest BCUT2D eigenvalue weighted by Gasteiger charge is -2.34. The van der Waals surface area contributed by atoms with Crippen LogP contribution in [-0.4, -0.2) is 102 Å². The third kappa shape index (κ3) is 7.52. The molecule has 0 saturated carbocycles. The minimum atomic E-state index is -0.0735. The number of amides is 2. The van der Waals surface area contributed by atoms with E-state index in [1.54, 1.807) is 18.3 Å². The van der Waals surface area contributed by atoms with E-state index in [0.29, 0.717) is 37.4 Å². The lowest BCUT2D eigenvalue weighted by molar-refractivity contribution is 0.0634. The van der Waals surface area contributed by atoms with Crippen LogP contribution in [0.25, 0.3) is 12.2 Å². The molecule has 2 aliphatic rings. The molecule has 0 radical (unpaired) electrons. The SMILES string of the molecule is O=C(c1ccc(C(=O)N2CCN(C/C=C/c3ccccc3)CC2)nc1)N1CCN(C/C=C/c2ccccc2)CC1. The monoisotopic (exact) mass is 535 g/mol. The number of hydrogen-bond donors (Lipinski definition) is 0. The van der Waals surface area contributed by atoms with E-state index in [0.717, 1.165) is 39.3 Å². The van der Waals surface area contributed by atoms with E-state index < -0.39 is 0 Å². The van der Waals surface area contributed by atoms with E-state index in [4.69, 9.17) is 0 Å². The van der Waals surface area contributed by atoms with Crippen LogP contribution in [-0.2, 0) is 0 Å². The van der Waals surface area contributed by atoms with Gasteiger partial charge in [-0.25, -0.2) is 0 Å². The van der Waals surface area contributed by atoms with Gasteiger partial charge in [-0.3, -0.25) is 24.4 Å². The minimum absolute atomic E-state index is 0.0249. The third-order valence-electron chi connectivity index (χ3n) is 7.50. The largest absolute Gasteiger partial charge is 0.336 e. The second-order valence-electron chi connectivity index (χ2n) is 10.2. The van der Waals surface area contributed by atoms with Crippen LogP contribution in [0.2, 0.25) is 0 Å². The number of carbonyl (C=O) groups excluding carboxylic acids is 2. The molecular weight excluding hydrogens is 498 g/mol. The summed E-state index contributed by atoms with van der Waals surface area (Å²) < 4.78 is 0. The van der Waals surface area contributed by atoms with E-state index in [1.165, 1.54) is 11.1 Å². The summed E-state index contributed by atoms with van der Waals surface area (Å²) in [5, 5.41) is 0. The summed E-state index contributed by atoms with van der Waals surface area (Å²) in [6.45, 7) is 7.78. The van der Waals surface area contributed by atoms with Crippen LogP contribution in [0.4, 0.5) is 0 Å². The van der Waals surface area contributed by atoms with Crippen molar-refractivity contribution in [1.29, 1.82) is 0 Å². The van der Waals surface area contributed by atoms with Gasteiger partial charge < -0.3 is 9.80 Å². The van der Waals surface area contributed by atoms with Crippen LogP contribution in [0, 0.1) is 0 Å². The topological polar surface area (TPSA) is 60.0 Å². The molecule has 0 N–H and O–H groups in total. The van der Waals surface area contributed by atoms with E-state index >= 15 is 0 Å². The van der Waals surface area contributed by atoms with Gasteiger partial charge >= 0.3 is 0 Å². The highest BCUT2D eigenvalue weighted by Crippen LogP contribution is 2.12. The van der Waals surface area contributed by atoms with Gasteiger partial charge in [0, 0.05) is 71.6 Å². The van der Waals surface area contributed by atoms with Gasteiger partial charge in [0.1, 0.15) is 5.69 Å². The molecule has 0 unspecified atom stereocenters. The highest BCUT2D eigenvalue weighted by atomic mass is 16.2. The summed E-state index contributed by atoms with van der Waals surface area (Å²) in [6, 6.07) is 24.0. The summed E-state index contributed by atoms with van der Waals surface area (Å²) in [5.74, 6) is -0.0983. The Balaban J connectivity index is 1.05. The van der Waals surface area contributed by atoms with Crippen LogP contribution >= 0.6 is 0 Å². The highest BCUT2D eigenvalue weighted by Gasteiger charge is 2.24. The molecule has 206 valence electrons. The Hall–Kier alpha value is -4.07. The maximum atomic E-state index is 13.0. The van der Waals surface area contributed by atoms with Crippen LogP contribution in [0.5, 0.6) is 0 Å². The van der Waals surface area contributed by atoms with Crippen molar-refractivity contribution in [2.24, 2.45) is 0 Å². The standard InChI is InChI=1S/C33H37N5O2/c39-32(37-23-19-35(20-24-37)17-7-13-28-9-3-1-4-10-28)30-15-16-31(34-27-30)33(40)38-25-21-36(22-26-38)18-8-14-29-11-5-2-6-12-29/h1-16,27H,17-26H2/b13-7+,14-8+. The van der Waals surface area contributed by atoms with Crippen molar-refractivity contribution in [3.63, 3.8) is 0 Å². The van der Waals surface area contributed by atoms with Crippen molar-refractivity contribution in [3.8, 4) is 0 Å². The number of pyridine rings is 1. The van der Waals surface area contributed by atoms with Crippen molar-refractivity contribution >= 4 is 24.0 Å².